The Morgan fingerprint density at radius 2 is 1.55 bits per heavy atom. The second kappa shape index (κ2) is 10.4. The number of aromatic carboxylic acids is 1. The minimum atomic E-state index is -1.03. The molecule has 0 unspecified atom stereocenters. The second-order valence-corrected chi connectivity index (χ2v) is 8.49. The summed E-state index contributed by atoms with van der Waals surface area (Å²) in [6.07, 6.45) is 3.46. The van der Waals surface area contributed by atoms with Crippen LogP contribution in [-0.2, 0) is 9.53 Å². The quantitative estimate of drug-likeness (QED) is 0.234. The maximum atomic E-state index is 13.5. The molecule has 0 saturated carbocycles. The van der Waals surface area contributed by atoms with E-state index in [0.29, 0.717) is 40.6 Å². The highest BCUT2D eigenvalue weighted by Gasteiger charge is 2.30. The van der Waals surface area contributed by atoms with Gasteiger partial charge in [-0.2, -0.15) is 0 Å². The van der Waals surface area contributed by atoms with E-state index in [0.717, 1.165) is 11.1 Å². The summed E-state index contributed by atoms with van der Waals surface area (Å²) in [6, 6.07) is 26.2. The minimum Gasteiger partial charge on any atom is -0.478 e. The third-order valence-electron chi connectivity index (χ3n) is 6.03. The molecule has 1 aliphatic rings. The molecule has 1 aliphatic heterocycles. The molecule has 1 N–H and O–H groups in total. The SMILES string of the molecule is CCOC(=O)c1ccc(-c2ccc(/C=C3/C=C(c4ccccc4)N(c4ccc(C(=O)O)cc4)C3=O)o2)cc1. The Morgan fingerprint density at radius 3 is 2.21 bits per heavy atom. The van der Waals surface area contributed by atoms with Crippen molar-refractivity contribution in [3.63, 3.8) is 0 Å². The number of carbonyl (C=O) groups excluding carboxylic acids is 2. The molecule has 0 aliphatic carbocycles. The van der Waals surface area contributed by atoms with Crippen LogP contribution in [0.4, 0.5) is 5.69 Å². The topological polar surface area (TPSA) is 97.0 Å². The van der Waals surface area contributed by atoms with Gasteiger partial charge in [0, 0.05) is 16.8 Å². The first-order chi connectivity index (χ1) is 18.4. The van der Waals surface area contributed by atoms with Crippen LogP contribution in [0.15, 0.2) is 107 Å². The number of hydrogen-bond donors (Lipinski definition) is 1. The Bertz CT molecular complexity index is 1560. The zero-order valence-corrected chi connectivity index (χ0v) is 20.5. The lowest BCUT2D eigenvalue weighted by molar-refractivity contribution is -0.113. The Morgan fingerprint density at radius 1 is 0.868 bits per heavy atom. The summed E-state index contributed by atoms with van der Waals surface area (Å²) in [5.41, 5.74) is 3.86. The summed E-state index contributed by atoms with van der Waals surface area (Å²) in [5, 5.41) is 9.24. The summed E-state index contributed by atoms with van der Waals surface area (Å²) < 4.78 is 11.0. The van der Waals surface area contributed by atoms with Crippen molar-refractivity contribution < 1.29 is 28.6 Å². The van der Waals surface area contributed by atoms with Gasteiger partial charge in [-0.1, -0.05) is 42.5 Å². The normalized spacial score (nSPS) is 14.0. The molecule has 1 aromatic heterocycles. The molecule has 38 heavy (non-hydrogen) atoms. The number of nitrogens with zero attached hydrogens (tertiary/aromatic N) is 1. The standard InChI is InChI=1S/C31H23NO6/c1-2-37-31(36)23-10-8-21(9-11-23)28-17-16-26(38-28)18-24-19-27(20-6-4-3-5-7-20)32(29(24)33)25-14-12-22(13-15-25)30(34)35/h3-19H,2H2,1H3,(H,34,35)/b24-18-. The van der Waals surface area contributed by atoms with Crippen LogP contribution >= 0.6 is 0 Å². The first kappa shape index (κ1) is 24.5. The molecule has 188 valence electrons. The molecule has 0 radical (unpaired) electrons. The van der Waals surface area contributed by atoms with E-state index in [1.54, 1.807) is 72.5 Å². The summed E-state index contributed by atoms with van der Waals surface area (Å²) in [4.78, 5) is 38.3. The van der Waals surface area contributed by atoms with Crippen molar-refractivity contribution in [1.82, 2.24) is 0 Å². The van der Waals surface area contributed by atoms with Crippen LogP contribution in [0, 0.1) is 0 Å². The van der Waals surface area contributed by atoms with Crippen LogP contribution in [0.2, 0.25) is 0 Å². The molecule has 0 bridgehead atoms. The Hall–Kier alpha value is -5.17. The number of carbonyl (C=O) groups is 3. The van der Waals surface area contributed by atoms with Crippen LogP contribution in [-0.4, -0.2) is 29.6 Å². The summed E-state index contributed by atoms with van der Waals surface area (Å²) >= 11 is 0. The van der Waals surface area contributed by atoms with E-state index in [2.05, 4.69) is 0 Å². The predicted octanol–water partition coefficient (Wildman–Crippen LogP) is 6.29. The van der Waals surface area contributed by atoms with Crippen LogP contribution in [0.5, 0.6) is 0 Å². The molecular formula is C31H23NO6. The highest BCUT2D eigenvalue weighted by Crippen LogP contribution is 2.36. The zero-order chi connectivity index (χ0) is 26.6. The molecule has 1 amide bonds. The van der Waals surface area contributed by atoms with Gasteiger partial charge >= 0.3 is 11.9 Å². The number of esters is 1. The molecule has 3 aromatic carbocycles. The number of carboxylic acids is 1. The summed E-state index contributed by atoms with van der Waals surface area (Å²) in [7, 11) is 0. The highest BCUT2D eigenvalue weighted by atomic mass is 16.5. The number of anilines is 1. The van der Waals surface area contributed by atoms with Crippen LogP contribution in [0.3, 0.4) is 0 Å². The van der Waals surface area contributed by atoms with Gasteiger partial charge < -0.3 is 14.3 Å². The molecule has 0 fully saturated rings. The van der Waals surface area contributed by atoms with Gasteiger partial charge in [0.05, 0.1) is 23.4 Å². The minimum absolute atomic E-state index is 0.139. The fourth-order valence-corrected chi connectivity index (χ4v) is 4.17. The number of benzene rings is 3. The van der Waals surface area contributed by atoms with Crippen LogP contribution < -0.4 is 4.90 Å². The lowest BCUT2D eigenvalue weighted by Gasteiger charge is -2.21. The first-order valence-electron chi connectivity index (χ1n) is 12.0. The maximum Gasteiger partial charge on any atom is 0.338 e. The average Bonchev–Trinajstić information content (AvgIpc) is 3.54. The van der Waals surface area contributed by atoms with E-state index < -0.39 is 5.97 Å². The van der Waals surface area contributed by atoms with E-state index in [1.165, 1.54) is 12.1 Å². The fraction of sp³-hybridized carbons (Fsp3) is 0.0645. The lowest BCUT2D eigenvalue weighted by atomic mass is 10.1. The Balaban J connectivity index is 1.46. The number of carboxylic acid groups (broad SMARTS) is 1. The maximum absolute atomic E-state index is 13.5. The van der Waals surface area contributed by atoms with Gasteiger partial charge in [-0.15, -0.1) is 0 Å². The van der Waals surface area contributed by atoms with Crippen LogP contribution in [0.1, 0.15) is 39.0 Å². The second-order valence-electron chi connectivity index (χ2n) is 8.49. The van der Waals surface area contributed by atoms with E-state index in [4.69, 9.17) is 9.15 Å². The van der Waals surface area contributed by atoms with Crippen molar-refractivity contribution >= 4 is 35.3 Å². The van der Waals surface area contributed by atoms with Crippen molar-refractivity contribution in [3.05, 3.63) is 125 Å². The third kappa shape index (κ3) is 4.90. The smallest absolute Gasteiger partial charge is 0.338 e. The molecule has 0 atom stereocenters. The van der Waals surface area contributed by atoms with Gasteiger partial charge in [0.15, 0.2) is 0 Å². The van der Waals surface area contributed by atoms with Crippen molar-refractivity contribution in [2.24, 2.45) is 0 Å². The molecule has 4 aromatic rings. The van der Waals surface area contributed by atoms with E-state index in [1.807, 2.05) is 30.3 Å². The van der Waals surface area contributed by atoms with Crippen LogP contribution in [0.25, 0.3) is 23.1 Å². The Kier molecular flexibility index (Phi) is 6.74. The summed E-state index contributed by atoms with van der Waals surface area (Å²) in [6.45, 7) is 2.06. The van der Waals surface area contributed by atoms with Gasteiger partial charge in [-0.25, -0.2) is 9.59 Å². The van der Waals surface area contributed by atoms with Crippen molar-refractivity contribution in [2.45, 2.75) is 6.92 Å². The third-order valence-corrected chi connectivity index (χ3v) is 6.03. The zero-order valence-electron chi connectivity index (χ0n) is 20.5. The predicted molar refractivity (Wildman–Crippen MR) is 143 cm³/mol. The molecule has 7 heteroatoms. The van der Waals surface area contributed by atoms with Gasteiger partial charge in [-0.3, -0.25) is 9.69 Å². The van der Waals surface area contributed by atoms with Crippen molar-refractivity contribution in [3.8, 4) is 11.3 Å². The monoisotopic (exact) mass is 505 g/mol. The average molecular weight is 506 g/mol. The molecule has 7 nitrogen and oxygen atoms in total. The van der Waals surface area contributed by atoms with E-state index >= 15 is 0 Å². The van der Waals surface area contributed by atoms with Gasteiger partial charge in [0.1, 0.15) is 11.5 Å². The van der Waals surface area contributed by atoms with Gasteiger partial charge in [-0.05, 0) is 73.2 Å². The summed E-state index contributed by atoms with van der Waals surface area (Å²) in [5.74, 6) is -0.598. The molecule has 0 saturated heterocycles. The number of ether oxygens (including phenoxy) is 1. The molecule has 0 spiro atoms. The van der Waals surface area contributed by atoms with E-state index in [-0.39, 0.29) is 17.4 Å². The molecule has 2 heterocycles. The highest BCUT2D eigenvalue weighted by molar-refractivity contribution is 6.23. The number of hydrogen-bond acceptors (Lipinski definition) is 5. The molecular weight excluding hydrogens is 482 g/mol. The van der Waals surface area contributed by atoms with E-state index in [9.17, 15) is 19.5 Å². The fourth-order valence-electron chi connectivity index (χ4n) is 4.17. The van der Waals surface area contributed by atoms with Gasteiger partial charge in [0.2, 0.25) is 0 Å². The number of furan rings is 1. The van der Waals surface area contributed by atoms with Crippen molar-refractivity contribution in [1.29, 1.82) is 0 Å². The first-order valence-corrected chi connectivity index (χ1v) is 12.0. The number of rotatable bonds is 7. The van der Waals surface area contributed by atoms with Gasteiger partial charge in [0.25, 0.3) is 5.91 Å². The lowest BCUT2D eigenvalue weighted by Crippen LogP contribution is -2.25. The molecule has 5 rings (SSSR count). The number of amides is 1. The largest absolute Gasteiger partial charge is 0.478 e. The Labute approximate surface area is 218 Å². The van der Waals surface area contributed by atoms with Crippen molar-refractivity contribution in [2.75, 3.05) is 11.5 Å².